The van der Waals surface area contributed by atoms with Crippen LogP contribution in [0.3, 0.4) is 0 Å². The second-order valence-electron chi connectivity index (χ2n) is 7.75. The summed E-state index contributed by atoms with van der Waals surface area (Å²) in [4.78, 5) is 3.95. The molecule has 4 rings (SSSR count). The van der Waals surface area contributed by atoms with Crippen LogP contribution in [0.4, 0.5) is 23.2 Å². The summed E-state index contributed by atoms with van der Waals surface area (Å²) < 4.78 is 60.9. The molecule has 1 atom stereocenters. The largest absolute Gasteiger partial charge is 0.416 e. The highest BCUT2D eigenvalue weighted by molar-refractivity contribution is 5.49. The number of aromatic nitrogens is 4. The predicted molar refractivity (Wildman–Crippen MR) is 113 cm³/mol. The Morgan fingerprint density at radius 2 is 1.79 bits per heavy atom. The number of nitrogens with zero attached hydrogens (tertiary/aromatic N) is 6. The van der Waals surface area contributed by atoms with Crippen molar-refractivity contribution in [1.29, 1.82) is 0 Å². The minimum absolute atomic E-state index is 0.371. The van der Waals surface area contributed by atoms with E-state index in [0.717, 1.165) is 12.1 Å². The van der Waals surface area contributed by atoms with Gasteiger partial charge >= 0.3 is 6.18 Å². The van der Waals surface area contributed by atoms with Crippen LogP contribution in [0.25, 0.3) is 0 Å². The molecule has 0 aliphatic carbocycles. The predicted octanol–water partition coefficient (Wildman–Crippen LogP) is 3.39. The number of piperazine rings is 1. The summed E-state index contributed by atoms with van der Waals surface area (Å²) >= 11 is 0. The molecule has 0 amide bonds. The van der Waals surface area contributed by atoms with Crippen molar-refractivity contribution in [2.45, 2.75) is 18.8 Å². The van der Waals surface area contributed by atoms with Crippen molar-refractivity contribution < 1.29 is 22.3 Å². The zero-order valence-electron chi connectivity index (χ0n) is 18.0. The minimum Gasteiger partial charge on any atom is -0.383 e. The zero-order chi connectivity index (χ0) is 23.4. The van der Waals surface area contributed by atoms with Crippen molar-refractivity contribution in [3.05, 3.63) is 71.3 Å². The summed E-state index contributed by atoms with van der Waals surface area (Å²) in [5.41, 5.74) is 0.277. The van der Waals surface area contributed by atoms with E-state index in [9.17, 15) is 17.6 Å². The Morgan fingerprint density at radius 3 is 2.48 bits per heavy atom. The Morgan fingerprint density at radius 1 is 1.03 bits per heavy atom. The maximum atomic E-state index is 14.8. The van der Waals surface area contributed by atoms with Crippen molar-refractivity contribution in [3.8, 4) is 0 Å². The standard InChI is InChI=1S/C22H24F4N6O/c1-33-14-13-32-21(27-28-29-32)20(18-7-2-3-8-19(18)23)31-11-9-30(10-12-31)17-6-4-5-16(15-17)22(24,25)26/h2-8,15,20H,9-14H2,1H3. The molecule has 1 aromatic heterocycles. The minimum atomic E-state index is -4.40. The van der Waals surface area contributed by atoms with Gasteiger partial charge in [-0.3, -0.25) is 4.90 Å². The monoisotopic (exact) mass is 464 g/mol. The van der Waals surface area contributed by atoms with Crippen LogP contribution in [0.5, 0.6) is 0 Å². The quantitative estimate of drug-likeness (QED) is 0.500. The molecule has 2 aromatic carbocycles. The number of benzene rings is 2. The summed E-state index contributed by atoms with van der Waals surface area (Å²) in [6.07, 6.45) is -4.40. The Balaban J connectivity index is 1.58. The molecule has 0 spiro atoms. The Bertz CT molecular complexity index is 1060. The van der Waals surface area contributed by atoms with Gasteiger partial charge in [0.25, 0.3) is 0 Å². The lowest BCUT2D eigenvalue weighted by atomic mass is 10.0. The van der Waals surface area contributed by atoms with Gasteiger partial charge in [-0.2, -0.15) is 13.2 Å². The van der Waals surface area contributed by atoms with Crippen LogP contribution in [-0.2, 0) is 17.5 Å². The fourth-order valence-corrected chi connectivity index (χ4v) is 4.06. The van der Waals surface area contributed by atoms with E-state index in [1.807, 2.05) is 4.90 Å². The molecule has 0 bridgehead atoms. The number of halogens is 4. The Hall–Kier alpha value is -3.05. The number of hydrogen-bond acceptors (Lipinski definition) is 6. The molecule has 1 unspecified atom stereocenters. The van der Waals surface area contributed by atoms with Crippen molar-refractivity contribution in [1.82, 2.24) is 25.1 Å². The van der Waals surface area contributed by atoms with E-state index in [1.54, 1.807) is 36.1 Å². The summed E-state index contributed by atoms with van der Waals surface area (Å²) in [5, 5.41) is 12.0. The van der Waals surface area contributed by atoms with Gasteiger partial charge in [-0.1, -0.05) is 24.3 Å². The van der Waals surface area contributed by atoms with Gasteiger partial charge < -0.3 is 9.64 Å². The average Bonchev–Trinajstić information content (AvgIpc) is 3.27. The Labute approximate surface area is 188 Å². The molecule has 0 N–H and O–H groups in total. The molecule has 2 heterocycles. The summed E-state index contributed by atoms with van der Waals surface area (Å²) in [6.45, 7) is 2.75. The van der Waals surface area contributed by atoms with Crippen molar-refractivity contribution in [2.24, 2.45) is 0 Å². The molecule has 3 aromatic rings. The molecule has 11 heteroatoms. The third-order valence-corrected chi connectivity index (χ3v) is 5.73. The first-order valence-electron chi connectivity index (χ1n) is 10.5. The van der Waals surface area contributed by atoms with E-state index in [2.05, 4.69) is 20.4 Å². The molecule has 0 radical (unpaired) electrons. The molecule has 1 saturated heterocycles. The van der Waals surface area contributed by atoms with Gasteiger partial charge in [-0.05, 0) is 34.7 Å². The van der Waals surface area contributed by atoms with E-state index in [-0.39, 0.29) is 5.82 Å². The molecular weight excluding hydrogens is 440 g/mol. The summed E-state index contributed by atoms with van der Waals surface area (Å²) in [7, 11) is 1.57. The number of rotatable bonds is 7. The lowest BCUT2D eigenvalue weighted by molar-refractivity contribution is -0.137. The van der Waals surface area contributed by atoms with Gasteiger partial charge in [-0.15, -0.1) is 5.10 Å². The van der Waals surface area contributed by atoms with E-state index in [4.69, 9.17) is 4.74 Å². The van der Waals surface area contributed by atoms with Crippen LogP contribution >= 0.6 is 0 Å². The smallest absolute Gasteiger partial charge is 0.383 e. The van der Waals surface area contributed by atoms with Gasteiger partial charge in [0.05, 0.1) is 18.7 Å². The number of methoxy groups -OCH3 is 1. The lowest BCUT2D eigenvalue weighted by Gasteiger charge is -2.40. The van der Waals surface area contributed by atoms with Crippen LogP contribution in [0.2, 0.25) is 0 Å². The van der Waals surface area contributed by atoms with Crippen LogP contribution < -0.4 is 4.90 Å². The highest BCUT2D eigenvalue weighted by Crippen LogP contribution is 2.33. The molecule has 176 valence electrons. The highest BCUT2D eigenvalue weighted by Gasteiger charge is 2.34. The first kappa shape index (κ1) is 23.1. The maximum Gasteiger partial charge on any atom is 0.416 e. The van der Waals surface area contributed by atoms with Crippen LogP contribution in [-0.4, -0.2) is 65.0 Å². The van der Waals surface area contributed by atoms with E-state index >= 15 is 0 Å². The van der Waals surface area contributed by atoms with Gasteiger partial charge in [0.15, 0.2) is 5.82 Å². The van der Waals surface area contributed by atoms with Gasteiger partial charge in [0, 0.05) is 44.5 Å². The van der Waals surface area contributed by atoms with Gasteiger partial charge in [0.1, 0.15) is 11.9 Å². The van der Waals surface area contributed by atoms with Crippen LogP contribution in [0.1, 0.15) is 23.0 Å². The van der Waals surface area contributed by atoms with Crippen molar-refractivity contribution >= 4 is 5.69 Å². The second kappa shape index (κ2) is 9.84. The van der Waals surface area contributed by atoms with E-state index < -0.39 is 17.8 Å². The maximum absolute atomic E-state index is 14.8. The fourth-order valence-electron chi connectivity index (χ4n) is 4.06. The fraction of sp³-hybridized carbons (Fsp3) is 0.409. The molecule has 1 aliphatic rings. The van der Waals surface area contributed by atoms with Crippen molar-refractivity contribution in [2.75, 3.05) is 44.8 Å². The van der Waals surface area contributed by atoms with Gasteiger partial charge in [0.2, 0.25) is 0 Å². The van der Waals surface area contributed by atoms with Crippen LogP contribution in [0.15, 0.2) is 48.5 Å². The zero-order valence-corrected chi connectivity index (χ0v) is 18.0. The van der Waals surface area contributed by atoms with E-state index in [1.165, 1.54) is 12.1 Å². The number of anilines is 1. The van der Waals surface area contributed by atoms with E-state index in [0.29, 0.717) is 56.4 Å². The van der Waals surface area contributed by atoms with Crippen molar-refractivity contribution in [3.63, 3.8) is 0 Å². The molecule has 1 aliphatic heterocycles. The molecule has 1 fully saturated rings. The van der Waals surface area contributed by atoms with Crippen LogP contribution in [0, 0.1) is 5.82 Å². The molecular formula is C22H24F4N6O. The first-order valence-corrected chi connectivity index (χ1v) is 10.5. The SMILES string of the molecule is COCCn1nnnc1C(c1ccccc1F)N1CCN(c2cccc(C(F)(F)F)c2)CC1. The average molecular weight is 464 g/mol. The number of ether oxygens (including phenoxy) is 1. The number of tetrazole rings is 1. The lowest BCUT2D eigenvalue weighted by Crippen LogP contribution is -2.48. The Kier molecular flexibility index (Phi) is 6.89. The normalized spacial score (nSPS) is 16.2. The summed E-state index contributed by atoms with van der Waals surface area (Å²) in [6, 6.07) is 11.2. The molecule has 0 saturated carbocycles. The highest BCUT2D eigenvalue weighted by atomic mass is 19.4. The third-order valence-electron chi connectivity index (χ3n) is 5.73. The van der Waals surface area contributed by atoms with Gasteiger partial charge in [-0.25, -0.2) is 9.07 Å². The molecule has 7 nitrogen and oxygen atoms in total. The summed E-state index contributed by atoms with van der Waals surface area (Å²) in [5.74, 6) is 0.119. The second-order valence-corrected chi connectivity index (χ2v) is 7.75. The number of hydrogen-bond donors (Lipinski definition) is 0. The first-order chi connectivity index (χ1) is 15.9. The molecule has 33 heavy (non-hydrogen) atoms. The third kappa shape index (κ3) is 5.14. The topological polar surface area (TPSA) is 59.3 Å². The number of alkyl halides is 3.